The number of ether oxygens (including phenoxy) is 1. The number of nitriles is 1. The van der Waals surface area contributed by atoms with Gasteiger partial charge >= 0.3 is 0 Å². The van der Waals surface area contributed by atoms with E-state index in [2.05, 4.69) is 16.4 Å². The van der Waals surface area contributed by atoms with Crippen LogP contribution < -0.4 is 21.2 Å². The molecule has 3 heterocycles. The number of nitrogen functional groups attached to an aromatic ring is 1. The fraction of sp³-hybridized carbons (Fsp3) is 0.375. The molecule has 0 spiro atoms. The van der Waals surface area contributed by atoms with Crippen molar-refractivity contribution in [3.63, 3.8) is 0 Å². The molecule has 5 rings (SSSR count). The molecule has 164 valence electrons. The number of nitrogens with two attached hydrogens (primary N) is 1. The molecule has 0 amide bonds. The number of aromatic nitrogens is 2. The van der Waals surface area contributed by atoms with Crippen molar-refractivity contribution in [1.29, 1.82) is 5.26 Å². The van der Waals surface area contributed by atoms with Crippen LogP contribution in [-0.2, 0) is 0 Å². The molecule has 2 aliphatic rings. The molecule has 3 aromatic rings. The van der Waals surface area contributed by atoms with Crippen molar-refractivity contribution in [3.8, 4) is 11.8 Å². The Kier molecular flexibility index (Phi) is 4.97. The number of pyridine rings is 2. The highest BCUT2D eigenvalue weighted by molar-refractivity contribution is 6.00. The molecule has 3 atom stereocenters. The van der Waals surface area contributed by atoms with Crippen LogP contribution in [0.1, 0.15) is 55.7 Å². The average molecular weight is 433 g/mol. The average Bonchev–Trinajstić information content (AvgIpc) is 2.82. The Labute approximate surface area is 184 Å². The Morgan fingerprint density at radius 3 is 3.00 bits per heavy atom. The Bertz CT molecular complexity index is 1300. The van der Waals surface area contributed by atoms with Gasteiger partial charge in [-0.15, -0.1) is 0 Å². The number of nitrogens with one attached hydrogen (secondary N) is 1. The van der Waals surface area contributed by atoms with Crippen LogP contribution in [0, 0.1) is 17.1 Å². The maximum Gasteiger partial charge on any atom is 0.209 e. The predicted octanol–water partition coefficient (Wildman–Crippen LogP) is 4.08. The molecule has 1 fully saturated rings. The molecule has 1 saturated carbocycles. The highest BCUT2D eigenvalue weighted by atomic mass is 19.1. The summed E-state index contributed by atoms with van der Waals surface area (Å²) in [5.74, 6) is -0.0799. The first kappa shape index (κ1) is 20.3. The van der Waals surface area contributed by atoms with Gasteiger partial charge < -0.3 is 20.4 Å². The molecular formula is C24H24FN5O2. The Hall–Kier alpha value is -3.60. The van der Waals surface area contributed by atoms with Crippen molar-refractivity contribution in [2.45, 2.75) is 50.6 Å². The summed E-state index contributed by atoms with van der Waals surface area (Å²) >= 11 is 0. The zero-order chi connectivity index (χ0) is 22.4. The molecule has 1 aromatic carbocycles. The number of hydrogen-bond donors (Lipinski definition) is 2. The summed E-state index contributed by atoms with van der Waals surface area (Å²) in [4.78, 5) is 17.1. The second kappa shape index (κ2) is 7.83. The van der Waals surface area contributed by atoms with E-state index in [1.54, 1.807) is 10.8 Å². The van der Waals surface area contributed by atoms with Gasteiger partial charge in [-0.2, -0.15) is 5.26 Å². The number of rotatable bonds is 3. The molecule has 1 aliphatic heterocycles. The van der Waals surface area contributed by atoms with Gasteiger partial charge in [0, 0.05) is 24.6 Å². The summed E-state index contributed by atoms with van der Waals surface area (Å²) in [6, 6.07) is 5.81. The van der Waals surface area contributed by atoms with Crippen molar-refractivity contribution in [1.82, 2.24) is 9.55 Å². The molecule has 1 aliphatic carbocycles. The van der Waals surface area contributed by atoms with E-state index in [-0.39, 0.29) is 40.2 Å². The smallest absolute Gasteiger partial charge is 0.209 e. The van der Waals surface area contributed by atoms with E-state index in [0.29, 0.717) is 18.0 Å². The fourth-order valence-corrected chi connectivity index (χ4v) is 5.00. The van der Waals surface area contributed by atoms with Crippen LogP contribution >= 0.6 is 0 Å². The van der Waals surface area contributed by atoms with Gasteiger partial charge in [-0.3, -0.25) is 9.78 Å². The molecule has 0 saturated heterocycles. The van der Waals surface area contributed by atoms with Gasteiger partial charge in [0.2, 0.25) is 5.43 Å². The van der Waals surface area contributed by atoms with Gasteiger partial charge in [0.1, 0.15) is 23.9 Å². The molecule has 0 bridgehead atoms. The first-order valence-electron chi connectivity index (χ1n) is 10.9. The minimum absolute atomic E-state index is 0.00512. The quantitative estimate of drug-likeness (QED) is 0.603. The van der Waals surface area contributed by atoms with Crippen LogP contribution in [0.15, 0.2) is 35.5 Å². The highest BCUT2D eigenvalue weighted by Gasteiger charge is 2.31. The predicted molar refractivity (Wildman–Crippen MR) is 120 cm³/mol. The van der Waals surface area contributed by atoms with Crippen molar-refractivity contribution < 1.29 is 9.13 Å². The summed E-state index contributed by atoms with van der Waals surface area (Å²) in [5, 5.41) is 12.7. The highest BCUT2D eigenvalue weighted by Crippen LogP contribution is 2.44. The topological polar surface area (TPSA) is 106 Å². The van der Waals surface area contributed by atoms with Gasteiger partial charge in [-0.05, 0) is 43.7 Å². The first-order valence-corrected chi connectivity index (χ1v) is 10.9. The molecule has 8 heteroatoms. The molecular weight excluding hydrogens is 409 g/mol. The zero-order valence-corrected chi connectivity index (χ0v) is 17.8. The van der Waals surface area contributed by atoms with Crippen LogP contribution in [0.5, 0.6) is 5.75 Å². The van der Waals surface area contributed by atoms with Crippen molar-refractivity contribution in [2.75, 3.05) is 17.7 Å². The van der Waals surface area contributed by atoms with E-state index in [9.17, 15) is 10.1 Å². The Morgan fingerprint density at radius 1 is 1.41 bits per heavy atom. The van der Waals surface area contributed by atoms with E-state index >= 15 is 4.39 Å². The van der Waals surface area contributed by atoms with Crippen molar-refractivity contribution in [3.05, 3.63) is 57.9 Å². The second-order valence-corrected chi connectivity index (χ2v) is 8.70. The van der Waals surface area contributed by atoms with Crippen LogP contribution in [0.2, 0.25) is 0 Å². The standard InChI is InChI=1S/C24H24FN5O2/c1-13-12-32-24-21(29-17-6-2-4-14(8-17)15-5-3-7-28-10-15)19(25)20(27)18-22(24)30(13)11-16(9-26)23(18)31/h3,5,7,10-11,13-14,17,29H,2,4,6,8,12,27H2,1H3/t13-,14-,17+/m0/s1. The zero-order valence-electron chi connectivity index (χ0n) is 17.8. The van der Waals surface area contributed by atoms with Crippen molar-refractivity contribution in [2.24, 2.45) is 0 Å². The lowest BCUT2D eigenvalue weighted by Gasteiger charge is -2.33. The third-order valence-electron chi connectivity index (χ3n) is 6.64. The lowest BCUT2D eigenvalue weighted by atomic mass is 9.82. The van der Waals surface area contributed by atoms with Crippen LogP contribution in [-0.4, -0.2) is 22.2 Å². The molecule has 7 nitrogen and oxygen atoms in total. The second-order valence-electron chi connectivity index (χ2n) is 8.70. The molecule has 0 unspecified atom stereocenters. The van der Waals surface area contributed by atoms with Crippen LogP contribution in [0.25, 0.3) is 10.9 Å². The number of nitrogens with zero attached hydrogens (tertiary/aromatic N) is 3. The summed E-state index contributed by atoms with van der Waals surface area (Å²) in [7, 11) is 0. The molecule has 32 heavy (non-hydrogen) atoms. The molecule has 2 aromatic heterocycles. The molecule has 0 radical (unpaired) electrons. The third kappa shape index (κ3) is 3.16. The summed E-state index contributed by atoms with van der Waals surface area (Å²) < 4.78 is 23.3. The summed E-state index contributed by atoms with van der Waals surface area (Å²) in [5.41, 5.74) is 7.06. The number of halogens is 1. The van der Waals surface area contributed by atoms with Gasteiger partial charge in [0.25, 0.3) is 0 Å². The third-order valence-corrected chi connectivity index (χ3v) is 6.64. The van der Waals surface area contributed by atoms with E-state index in [1.165, 1.54) is 11.8 Å². The summed E-state index contributed by atoms with van der Waals surface area (Å²) in [6.45, 7) is 2.22. The lowest BCUT2D eigenvalue weighted by molar-refractivity contribution is 0.247. The van der Waals surface area contributed by atoms with E-state index in [4.69, 9.17) is 10.5 Å². The molecule has 3 N–H and O–H groups in total. The number of hydrogen-bond acceptors (Lipinski definition) is 6. The fourth-order valence-electron chi connectivity index (χ4n) is 5.00. The van der Waals surface area contributed by atoms with Gasteiger partial charge in [0.15, 0.2) is 11.6 Å². The Morgan fingerprint density at radius 2 is 2.25 bits per heavy atom. The lowest BCUT2D eigenvalue weighted by Crippen LogP contribution is -2.30. The van der Waals surface area contributed by atoms with Crippen LogP contribution in [0.3, 0.4) is 0 Å². The van der Waals surface area contributed by atoms with E-state index < -0.39 is 11.2 Å². The number of anilines is 2. The normalized spacial score (nSPS) is 22.2. The minimum atomic E-state index is -0.704. The summed E-state index contributed by atoms with van der Waals surface area (Å²) in [6.07, 6.45) is 8.96. The maximum absolute atomic E-state index is 15.5. The van der Waals surface area contributed by atoms with Crippen molar-refractivity contribution >= 4 is 22.3 Å². The van der Waals surface area contributed by atoms with Crippen LogP contribution in [0.4, 0.5) is 15.8 Å². The minimum Gasteiger partial charge on any atom is -0.487 e. The van der Waals surface area contributed by atoms with E-state index in [1.807, 2.05) is 25.3 Å². The first-order chi connectivity index (χ1) is 15.5. The monoisotopic (exact) mass is 433 g/mol. The number of benzene rings is 1. The SMILES string of the molecule is C[C@H]1COc2c(N[C@@H]3CCC[C@H](c4cccnc4)C3)c(F)c(N)c3c(=O)c(C#N)cn1c23. The van der Waals surface area contributed by atoms with Gasteiger partial charge in [-0.1, -0.05) is 12.5 Å². The van der Waals surface area contributed by atoms with Gasteiger partial charge in [-0.25, -0.2) is 4.39 Å². The van der Waals surface area contributed by atoms with E-state index in [0.717, 1.165) is 25.7 Å². The maximum atomic E-state index is 15.5. The van der Waals surface area contributed by atoms with Gasteiger partial charge in [0.05, 0.1) is 22.6 Å². The largest absolute Gasteiger partial charge is 0.487 e. The Balaban J connectivity index is 1.59.